The number of anilines is 1. The molecular weight excluding hydrogens is 371 g/mol. The number of hydrogen-bond acceptors (Lipinski definition) is 4. The third kappa shape index (κ3) is 6.79. The van der Waals surface area contributed by atoms with Gasteiger partial charge in [-0.25, -0.2) is 4.98 Å². The van der Waals surface area contributed by atoms with E-state index in [-0.39, 0.29) is 12.5 Å². The predicted octanol–water partition coefficient (Wildman–Crippen LogP) is 3.75. The lowest BCUT2D eigenvalue weighted by molar-refractivity contribution is -0.137. The number of carbonyl (C=O) groups is 1. The number of aromatic nitrogens is 1. The highest BCUT2D eigenvalue weighted by molar-refractivity contribution is 6.30. The maximum atomic E-state index is 12.4. The van der Waals surface area contributed by atoms with Crippen LogP contribution in [0.4, 0.5) is 19.0 Å². The first-order valence-electron chi connectivity index (χ1n) is 7.77. The van der Waals surface area contributed by atoms with Crippen LogP contribution in [-0.2, 0) is 11.0 Å². The van der Waals surface area contributed by atoms with Gasteiger partial charge in [0.1, 0.15) is 11.6 Å². The van der Waals surface area contributed by atoms with Crippen LogP contribution < -0.4 is 15.4 Å². The summed E-state index contributed by atoms with van der Waals surface area (Å²) in [5, 5.41) is 6.15. The average Bonchev–Trinajstić information content (AvgIpc) is 2.60. The van der Waals surface area contributed by atoms with Crippen LogP contribution >= 0.6 is 11.6 Å². The van der Waals surface area contributed by atoms with Crippen LogP contribution in [-0.4, -0.2) is 30.6 Å². The Labute approximate surface area is 153 Å². The Morgan fingerprint density at radius 2 is 1.85 bits per heavy atom. The number of benzene rings is 1. The smallest absolute Gasteiger partial charge is 0.417 e. The van der Waals surface area contributed by atoms with E-state index in [4.69, 9.17) is 16.3 Å². The van der Waals surface area contributed by atoms with E-state index < -0.39 is 11.7 Å². The van der Waals surface area contributed by atoms with Crippen molar-refractivity contribution >= 4 is 23.3 Å². The van der Waals surface area contributed by atoms with E-state index in [2.05, 4.69) is 15.6 Å². The Morgan fingerprint density at radius 3 is 2.46 bits per heavy atom. The molecular formula is C17H17ClF3N3O2. The van der Waals surface area contributed by atoms with Crippen molar-refractivity contribution in [3.63, 3.8) is 0 Å². The van der Waals surface area contributed by atoms with Gasteiger partial charge in [0.05, 0.1) is 5.56 Å². The highest BCUT2D eigenvalue weighted by Gasteiger charge is 2.30. The molecule has 26 heavy (non-hydrogen) atoms. The second-order valence-corrected chi connectivity index (χ2v) is 5.74. The number of carbonyl (C=O) groups excluding carboxylic acids is 1. The Morgan fingerprint density at radius 1 is 1.12 bits per heavy atom. The molecule has 0 spiro atoms. The molecule has 0 bridgehead atoms. The second-order valence-electron chi connectivity index (χ2n) is 5.30. The van der Waals surface area contributed by atoms with E-state index in [0.29, 0.717) is 36.1 Å². The Bertz CT molecular complexity index is 707. The standard InChI is InChI=1S/C17H17ClF3N3O2/c18-13-3-5-14(6-4-13)26-11-16(25)23-9-1-8-22-15-7-2-12(10-24-15)17(19,20)21/h2-7,10H,1,8-9,11H2,(H,22,24)(H,23,25). The summed E-state index contributed by atoms with van der Waals surface area (Å²) in [6, 6.07) is 8.88. The van der Waals surface area contributed by atoms with Gasteiger partial charge in [-0.2, -0.15) is 13.2 Å². The van der Waals surface area contributed by atoms with Gasteiger partial charge in [-0.3, -0.25) is 4.79 Å². The van der Waals surface area contributed by atoms with Crippen LogP contribution in [0.5, 0.6) is 5.75 Å². The summed E-state index contributed by atoms with van der Waals surface area (Å²) >= 11 is 5.75. The molecule has 2 N–H and O–H groups in total. The molecule has 1 aromatic carbocycles. The van der Waals surface area contributed by atoms with Gasteiger partial charge in [0.25, 0.3) is 5.91 Å². The van der Waals surface area contributed by atoms with Crippen molar-refractivity contribution in [1.82, 2.24) is 10.3 Å². The number of pyridine rings is 1. The van der Waals surface area contributed by atoms with E-state index in [1.807, 2.05) is 0 Å². The highest BCUT2D eigenvalue weighted by Crippen LogP contribution is 2.28. The largest absolute Gasteiger partial charge is 0.484 e. The van der Waals surface area contributed by atoms with Crippen LogP contribution in [0.1, 0.15) is 12.0 Å². The number of rotatable bonds is 8. The lowest BCUT2D eigenvalue weighted by Crippen LogP contribution is -2.30. The SMILES string of the molecule is O=C(COc1ccc(Cl)cc1)NCCCNc1ccc(C(F)(F)F)cn1. The zero-order chi connectivity index (χ0) is 19.0. The third-order valence-electron chi connectivity index (χ3n) is 3.26. The number of hydrogen-bond donors (Lipinski definition) is 2. The van der Waals surface area contributed by atoms with Gasteiger partial charge in [0.2, 0.25) is 0 Å². The minimum Gasteiger partial charge on any atom is -0.484 e. The van der Waals surface area contributed by atoms with E-state index in [1.165, 1.54) is 6.07 Å². The zero-order valence-corrected chi connectivity index (χ0v) is 14.4. The summed E-state index contributed by atoms with van der Waals surface area (Å²) in [5.41, 5.74) is -0.795. The summed E-state index contributed by atoms with van der Waals surface area (Å²) in [4.78, 5) is 15.3. The van der Waals surface area contributed by atoms with Crippen molar-refractivity contribution in [3.8, 4) is 5.75 Å². The summed E-state index contributed by atoms with van der Waals surface area (Å²) in [7, 11) is 0. The van der Waals surface area contributed by atoms with Gasteiger partial charge in [-0.05, 0) is 42.8 Å². The average molecular weight is 388 g/mol. The van der Waals surface area contributed by atoms with Gasteiger partial charge in [0.15, 0.2) is 6.61 Å². The lowest BCUT2D eigenvalue weighted by Gasteiger charge is -2.09. The van der Waals surface area contributed by atoms with Gasteiger partial charge in [0, 0.05) is 24.3 Å². The zero-order valence-electron chi connectivity index (χ0n) is 13.6. The fraction of sp³-hybridized carbons (Fsp3) is 0.294. The number of nitrogens with one attached hydrogen (secondary N) is 2. The molecule has 0 saturated heterocycles. The molecule has 1 amide bonds. The van der Waals surface area contributed by atoms with Crippen LogP contribution in [0.2, 0.25) is 5.02 Å². The normalized spacial score (nSPS) is 11.1. The fourth-order valence-corrected chi connectivity index (χ4v) is 2.06. The molecule has 140 valence electrons. The van der Waals surface area contributed by atoms with Crippen LogP contribution in [0.25, 0.3) is 0 Å². The molecule has 0 saturated carbocycles. The molecule has 0 aliphatic carbocycles. The summed E-state index contributed by atoms with van der Waals surface area (Å²) in [6.45, 7) is 0.739. The van der Waals surface area contributed by atoms with E-state index >= 15 is 0 Å². The van der Waals surface area contributed by atoms with Gasteiger partial charge >= 0.3 is 6.18 Å². The number of alkyl halides is 3. The van der Waals surface area contributed by atoms with E-state index in [9.17, 15) is 18.0 Å². The fourth-order valence-electron chi connectivity index (χ4n) is 1.93. The first-order valence-corrected chi connectivity index (χ1v) is 8.14. The lowest BCUT2D eigenvalue weighted by atomic mass is 10.3. The Kier molecular flexibility index (Phi) is 7.08. The molecule has 0 aliphatic rings. The van der Waals surface area contributed by atoms with Crippen LogP contribution in [0.3, 0.4) is 0 Å². The summed E-state index contributed by atoms with van der Waals surface area (Å²) < 4.78 is 42.6. The molecule has 2 aromatic rings. The number of halogens is 4. The van der Waals surface area contributed by atoms with Crippen LogP contribution in [0, 0.1) is 0 Å². The monoisotopic (exact) mass is 387 g/mol. The van der Waals surface area contributed by atoms with Gasteiger partial charge in [-0.15, -0.1) is 0 Å². The van der Waals surface area contributed by atoms with Crippen molar-refractivity contribution in [2.75, 3.05) is 25.0 Å². The highest BCUT2D eigenvalue weighted by atomic mass is 35.5. The molecule has 0 aliphatic heterocycles. The van der Waals surface area contributed by atoms with Gasteiger partial charge < -0.3 is 15.4 Å². The molecule has 1 heterocycles. The first-order chi connectivity index (χ1) is 12.3. The molecule has 0 atom stereocenters. The van der Waals surface area contributed by atoms with Crippen LogP contribution in [0.15, 0.2) is 42.6 Å². The number of nitrogens with zero attached hydrogens (tertiary/aromatic N) is 1. The Hall–Kier alpha value is -2.48. The predicted molar refractivity (Wildman–Crippen MR) is 92.3 cm³/mol. The third-order valence-corrected chi connectivity index (χ3v) is 3.51. The van der Waals surface area contributed by atoms with E-state index in [0.717, 1.165) is 12.3 Å². The summed E-state index contributed by atoms with van der Waals surface area (Å²) in [5.74, 6) is 0.614. The molecule has 0 radical (unpaired) electrons. The minimum atomic E-state index is -4.40. The van der Waals surface area contributed by atoms with Crippen molar-refractivity contribution in [2.45, 2.75) is 12.6 Å². The van der Waals surface area contributed by atoms with Gasteiger partial charge in [-0.1, -0.05) is 11.6 Å². The van der Waals surface area contributed by atoms with Crippen molar-refractivity contribution < 1.29 is 22.7 Å². The number of ether oxygens (including phenoxy) is 1. The molecule has 9 heteroatoms. The maximum absolute atomic E-state index is 12.4. The first kappa shape index (κ1) is 19.8. The molecule has 5 nitrogen and oxygen atoms in total. The quantitative estimate of drug-likeness (QED) is 0.677. The molecule has 2 rings (SSSR count). The topological polar surface area (TPSA) is 63.2 Å². The molecule has 0 fully saturated rings. The van der Waals surface area contributed by atoms with E-state index in [1.54, 1.807) is 24.3 Å². The van der Waals surface area contributed by atoms with Crippen molar-refractivity contribution in [1.29, 1.82) is 0 Å². The molecule has 1 aromatic heterocycles. The summed E-state index contributed by atoms with van der Waals surface area (Å²) in [6.07, 6.45) is -3.04. The maximum Gasteiger partial charge on any atom is 0.417 e. The number of amides is 1. The second kappa shape index (κ2) is 9.28. The van der Waals surface area contributed by atoms with Crippen molar-refractivity contribution in [3.05, 3.63) is 53.2 Å². The Balaban J connectivity index is 1.59. The van der Waals surface area contributed by atoms with Crippen molar-refractivity contribution in [2.24, 2.45) is 0 Å². The molecule has 0 unspecified atom stereocenters. The minimum absolute atomic E-state index is 0.116.